The van der Waals surface area contributed by atoms with Crippen molar-refractivity contribution in [2.45, 2.75) is 38.1 Å². The van der Waals surface area contributed by atoms with Crippen molar-refractivity contribution >= 4 is 22.8 Å². The molecule has 6 rings (SSSR count). The van der Waals surface area contributed by atoms with Gasteiger partial charge in [-0.3, -0.25) is 19.6 Å². The zero-order valence-corrected chi connectivity index (χ0v) is 18.6. The van der Waals surface area contributed by atoms with Crippen molar-refractivity contribution in [3.63, 3.8) is 0 Å². The lowest BCUT2D eigenvalue weighted by Gasteiger charge is -2.18. The van der Waals surface area contributed by atoms with Crippen molar-refractivity contribution in [1.82, 2.24) is 20.3 Å². The van der Waals surface area contributed by atoms with E-state index in [4.69, 9.17) is 9.26 Å². The van der Waals surface area contributed by atoms with Crippen LogP contribution in [0.1, 0.15) is 42.9 Å². The first-order valence-electron chi connectivity index (χ1n) is 11.6. The van der Waals surface area contributed by atoms with E-state index in [0.717, 1.165) is 40.4 Å². The number of hydrogen-bond donors (Lipinski definition) is 1. The van der Waals surface area contributed by atoms with Crippen LogP contribution in [0.15, 0.2) is 59.4 Å². The number of rotatable bonds is 7. The Balaban J connectivity index is 1.16. The molecular formula is C26H24N4O4. The second-order valence-corrected chi connectivity index (χ2v) is 9.11. The average molecular weight is 457 g/mol. The summed E-state index contributed by atoms with van der Waals surface area (Å²) in [5.41, 5.74) is 4.24. The summed E-state index contributed by atoms with van der Waals surface area (Å²) in [4.78, 5) is 23.7. The minimum absolute atomic E-state index is 0.244. The molecule has 2 amide bonds. The molecule has 2 aliphatic rings. The third kappa shape index (κ3) is 4.19. The Bertz CT molecular complexity index is 1370. The van der Waals surface area contributed by atoms with E-state index in [1.165, 1.54) is 12.8 Å². The monoisotopic (exact) mass is 456 g/mol. The van der Waals surface area contributed by atoms with Crippen molar-refractivity contribution in [1.29, 1.82) is 0 Å². The second kappa shape index (κ2) is 8.44. The first-order chi connectivity index (χ1) is 16.6. The molecule has 8 heteroatoms. The molecule has 3 heterocycles. The van der Waals surface area contributed by atoms with Gasteiger partial charge in [0.05, 0.1) is 25.3 Å². The highest BCUT2D eigenvalue weighted by Gasteiger charge is 2.31. The number of piperidine rings is 1. The van der Waals surface area contributed by atoms with E-state index in [-0.39, 0.29) is 11.8 Å². The lowest BCUT2D eigenvalue weighted by atomic mass is 9.92. The SMILES string of the molecule is O=C1CCC(c2noc3cc(-c4cnn(Cc5ccc(OCC6CC6)cc5)c4)ccc23)C(=O)N1. The number of aromatic nitrogens is 3. The summed E-state index contributed by atoms with van der Waals surface area (Å²) in [5.74, 6) is 0.611. The fourth-order valence-electron chi connectivity index (χ4n) is 4.32. The molecule has 1 N–H and O–H groups in total. The van der Waals surface area contributed by atoms with Crippen LogP contribution in [-0.4, -0.2) is 33.4 Å². The molecule has 0 spiro atoms. The smallest absolute Gasteiger partial charge is 0.235 e. The highest BCUT2D eigenvalue weighted by molar-refractivity contribution is 6.02. The topological polar surface area (TPSA) is 99.2 Å². The van der Waals surface area contributed by atoms with Gasteiger partial charge in [-0.2, -0.15) is 5.10 Å². The molecule has 1 saturated carbocycles. The molecule has 2 fully saturated rings. The van der Waals surface area contributed by atoms with E-state index in [0.29, 0.717) is 30.7 Å². The van der Waals surface area contributed by atoms with Gasteiger partial charge in [-0.1, -0.05) is 23.4 Å². The minimum atomic E-state index is -0.474. The quantitative estimate of drug-likeness (QED) is 0.421. The molecule has 1 atom stereocenters. The summed E-state index contributed by atoms with van der Waals surface area (Å²) in [6.45, 7) is 1.47. The molecule has 8 nitrogen and oxygen atoms in total. The van der Waals surface area contributed by atoms with Crippen LogP contribution < -0.4 is 10.1 Å². The number of imide groups is 1. The lowest BCUT2D eigenvalue weighted by molar-refractivity contribution is -0.134. The van der Waals surface area contributed by atoms with E-state index in [1.54, 1.807) is 0 Å². The zero-order valence-electron chi connectivity index (χ0n) is 18.6. The lowest BCUT2D eigenvalue weighted by Crippen LogP contribution is -2.39. The Kier molecular flexibility index (Phi) is 5.13. The fraction of sp³-hybridized carbons (Fsp3) is 0.308. The number of carbonyl (C=O) groups is 2. The largest absolute Gasteiger partial charge is 0.493 e. The van der Waals surface area contributed by atoms with Gasteiger partial charge in [-0.05, 0) is 60.6 Å². The van der Waals surface area contributed by atoms with Gasteiger partial charge >= 0.3 is 0 Å². The van der Waals surface area contributed by atoms with E-state index >= 15 is 0 Å². The number of nitrogens with zero attached hydrogens (tertiary/aromatic N) is 3. The highest BCUT2D eigenvalue weighted by atomic mass is 16.5. The van der Waals surface area contributed by atoms with Crippen LogP contribution >= 0.6 is 0 Å². The minimum Gasteiger partial charge on any atom is -0.493 e. The Morgan fingerprint density at radius 1 is 1.06 bits per heavy atom. The fourth-order valence-corrected chi connectivity index (χ4v) is 4.32. The molecule has 1 unspecified atom stereocenters. The molecule has 1 saturated heterocycles. The number of fused-ring (bicyclic) bond motifs is 1. The van der Waals surface area contributed by atoms with E-state index < -0.39 is 5.92 Å². The Morgan fingerprint density at radius 3 is 2.71 bits per heavy atom. The summed E-state index contributed by atoms with van der Waals surface area (Å²) >= 11 is 0. The maximum atomic E-state index is 12.2. The first kappa shape index (κ1) is 20.7. The predicted molar refractivity (Wildman–Crippen MR) is 124 cm³/mol. The molecule has 4 aromatic rings. The van der Waals surface area contributed by atoms with Crippen LogP contribution in [0.25, 0.3) is 22.1 Å². The molecule has 34 heavy (non-hydrogen) atoms. The second-order valence-electron chi connectivity index (χ2n) is 9.11. The van der Waals surface area contributed by atoms with Gasteiger partial charge in [0.15, 0.2) is 5.58 Å². The van der Waals surface area contributed by atoms with Gasteiger partial charge in [-0.15, -0.1) is 0 Å². The Labute approximate surface area is 195 Å². The summed E-state index contributed by atoms with van der Waals surface area (Å²) in [5, 5.41) is 11.8. The third-order valence-corrected chi connectivity index (χ3v) is 6.49. The molecule has 0 radical (unpaired) electrons. The molecule has 2 aromatic carbocycles. The van der Waals surface area contributed by atoms with Gasteiger partial charge in [0, 0.05) is 23.6 Å². The predicted octanol–water partition coefficient (Wildman–Crippen LogP) is 4.05. The molecule has 2 aromatic heterocycles. The maximum Gasteiger partial charge on any atom is 0.235 e. The van der Waals surface area contributed by atoms with Gasteiger partial charge in [-0.25, -0.2) is 0 Å². The number of hydrogen-bond acceptors (Lipinski definition) is 6. The van der Waals surface area contributed by atoms with Crippen molar-refractivity contribution in [3.8, 4) is 16.9 Å². The third-order valence-electron chi connectivity index (χ3n) is 6.49. The maximum absolute atomic E-state index is 12.2. The van der Waals surface area contributed by atoms with Gasteiger partial charge in [0.2, 0.25) is 11.8 Å². The first-order valence-corrected chi connectivity index (χ1v) is 11.6. The highest BCUT2D eigenvalue weighted by Crippen LogP contribution is 2.33. The molecule has 0 bridgehead atoms. The van der Waals surface area contributed by atoms with E-state index in [9.17, 15) is 9.59 Å². The van der Waals surface area contributed by atoms with Crippen LogP contribution in [0.4, 0.5) is 0 Å². The standard InChI is InChI=1S/C26H24N4O4/c31-24-10-9-22(26(32)28-24)25-21-8-5-18(11-23(21)34-29-25)19-12-27-30(14-19)13-16-3-6-20(7-4-16)33-15-17-1-2-17/h3-8,11-12,14,17,22H,1-2,9-10,13,15H2,(H,28,31,32). The van der Waals surface area contributed by atoms with Crippen molar-refractivity contribution < 1.29 is 18.8 Å². The molecule has 1 aliphatic heterocycles. The Hall–Kier alpha value is -3.94. The van der Waals surface area contributed by atoms with Gasteiger partial charge in [0.1, 0.15) is 11.4 Å². The number of ether oxygens (including phenoxy) is 1. The van der Waals surface area contributed by atoms with Crippen molar-refractivity contribution in [3.05, 3.63) is 66.1 Å². The number of nitrogens with one attached hydrogen (secondary N) is 1. The molecular weight excluding hydrogens is 432 g/mol. The van der Waals surface area contributed by atoms with Gasteiger partial charge in [0.25, 0.3) is 0 Å². The van der Waals surface area contributed by atoms with Crippen molar-refractivity contribution in [2.75, 3.05) is 6.61 Å². The van der Waals surface area contributed by atoms with E-state index in [1.807, 2.05) is 47.4 Å². The summed E-state index contributed by atoms with van der Waals surface area (Å²) in [6.07, 6.45) is 7.13. The summed E-state index contributed by atoms with van der Waals surface area (Å²) in [6, 6.07) is 14.0. The Morgan fingerprint density at radius 2 is 1.91 bits per heavy atom. The summed E-state index contributed by atoms with van der Waals surface area (Å²) in [7, 11) is 0. The van der Waals surface area contributed by atoms with Crippen molar-refractivity contribution in [2.24, 2.45) is 5.92 Å². The normalized spacial score (nSPS) is 18.3. The average Bonchev–Trinajstić information content (AvgIpc) is 3.40. The van der Waals surface area contributed by atoms with Crippen LogP contribution in [0.3, 0.4) is 0 Å². The number of amides is 2. The summed E-state index contributed by atoms with van der Waals surface area (Å²) < 4.78 is 13.2. The zero-order chi connectivity index (χ0) is 23.1. The van der Waals surface area contributed by atoms with Gasteiger partial charge < -0.3 is 9.26 Å². The van der Waals surface area contributed by atoms with Crippen LogP contribution in [0, 0.1) is 5.92 Å². The van der Waals surface area contributed by atoms with Crippen LogP contribution in [0.5, 0.6) is 5.75 Å². The number of benzene rings is 2. The molecule has 172 valence electrons. The van der Waals surface area contributed by atoms with Crippen LogP contribution in [0.2, 0.25) is 0 Å². The van der Waals surface area contributed by atoms with E-state index in [2.05, 4.69) is 27.7 Å². The molecule has 1 aliphatic carbocycles. The van der Waals surface area contributed by atoms with Crippen LogP contribution in [-0.2, 0) is 16.1 Å². The number of carbonyl (C=O) groups excluding carboxylic acids is 2.